The predicted octanol–water partition coefficient (Wildman–Crippen LogP) is 2.65. The second-order valence-corrected chi connectivity index (χ2v) is 7.20. The van der Waals surface area contributed by atoms with Gasteiger partial charge in [0.05, 0.1) is 5.75 Å². The van der Waals surface area contributed by atoms with Gasteiger partial charge in [-0.2, -0.15) is 0 Å². The van der Waals surface area contributed by atoms with Crippen molar-refractivity contribution in [3.8, 4) is 0 Å². The van der Waals surface area contributed by atoms with Crippen LogP contribution in [0.4, 0.5) is 0 Å². The second-order valence-electron chi connectivity index (χ2n) is 5.91. The zero-order chi connectivity index (χ0) is 13.5. The van der Waals surface area contributed by atoms with Crippen LogP contribution in [0.3, 0.4) is 0 Å². The maximum atomic E-state index is 12.3. The van der Waals surface area contributed by atoms with Crippen LogP contribution in [-0.2, 0) is 4.79 Å². The van der Waals surface area contributed by atoms with E-state index in [-0.39, 0.29) is 0 Å². The van der Waals surface area contributed by atoms with Gasteiger partial charge in [0.1, 0.15) is 0 Å². The average molecular weight is 284 g/mol. The van der Waals surface area contributed by atoms with E-state index >= 15 is 0 Å². The molecule has 0 radical (unpaired) electrons. The first-order chi connectivity index (χ1) is 9.27. The third kappa shape index (κ3) is 4.99. The molecule has 2 fully saturated rings. The Kier molecular flexibility index (Phi) is 6.51. The summed E-state index contributed by atoms with van der Waals surface area (Å²) in [5, 5.41) is 4.06. The summed E-state index contributed by atoms with van der Waals surface area (Å²) in [5.74, 6) is 1.02. The molecule has 2 aliphatic rings. The number of piperidine rings is 1. The van der Waals surface area contributed by atoms with Crippen molar-refractivity contribution >= 4 is 17.7 Å². The number of hydrogen-bond acceptors (Lipinski definition) is 3. The highest BCUT2D eigenvalue weighted by molar-refractivity contribution is 8.00. The van der Waals surface area contributed by atoms with Gasteiger partial charge in [-0.15, -0.1) is 11.8 Å². The van der Waals surface area contributed by atoms with E-state index in [2.05, 4.69) is 5.32 Å². The molecule has 1 aliphatic carbocycles. The monoisotopic (exact) mass is 284 g/mol. The van der Waals surface area contributed by atoms with Crippen LogP contribution in [0.2, 0.25) is 0 Å². The van der Waals surface area contributed by atoms with E-state index in [0.29, 0.717) is 23.0 Å². The number of carbonyl (C=O) groups excluding carboxylic acids is 1. The first-order valence-corrected chi connectivity index (χ1v) is 8.90. The number of thioether (sulfide) groups is 1. The zero-order valence-electron chi connectivity index (χ0n) is 12.2. The fraction of sp³-hybridized carbons (Fsp3) is 0.933. The van der Waals surface area contributed by atoms with Gasteiger partial charge in [-0.3, -0.25) is 4.79 Å². The van der Waals surface area contributed by atoms with Crippen molar-refractivity contribution in [2.24, 2.45) is 0 Å². The van der Waals surface area contributed by atoms with Crippen LogP contribution < -0.4 is 5.32 Å². The molecule has 0 aromatic carbocycles. The van der Waals surface area contributed by atoms with E-state index in [0.717, 1.165) is 13.1 Å². The molecule has 3 nitrogen and oxygen atoms in total. The summed E-state index contributed by atoms with van der Waals surface area (Å²) in [6.07, 6.45) is 10.1. The largest absolute Gasteiger partial charge is 0.342 e. The summed E-state index contributed by atoms with van der Waals surface area (Å²) >= 11 is 1.87. The Labute approximate surface area is 121 Å². The molecule has 0 spiro atoms. The molecule has 4 heteroatoms. The van der Waals surface area contributed by atoms with Gasteiger partial charge in [-0.05, 0) is 38.8 Å². The summed E-state index contributed by atoms with van der Waals surface area (Å²) in [4.78, 5) is 14.3. The Morgan fingerprint density at radius 1 is 1.11 bits per heavy atom. The van der Waals surface area contributed by atoms with Gasteiger partial charge in [0.25, 0.3) is 0 Å². The van der Waals surface area contributed by atoms with E-state index < -0.39 is 0 Å². The summed E-state index contributed by atoms with van der Waals surface area (Å²) in [6, 6.07) is 0.503. The molecule has 0 atom stereocenters. The van der Waals surface area contributed by atoms with E-state index in [1.165, 1.54) is 51.4 Å². The second kappa shape index (κ2) is 8.15. The number of rotatable bonds is 4. The molecule has 1 N–H and O–H groups in total. The molecule has 2 rings (SSSR count). The van der Waals surface area contributed by atoms with Crippen molar-refractivity contribution in [2.75, 3.05) is 25.9 Å². The Morgan fingerprint density at radius 3 is 2.37 bits per heavy atom. The highest BCUT2D eigenvalue weighted by Crippen LogP contribution is 2.24. The third-order valence-electron chi connectivity index (χ3n) is 4.49. The topological polar surface area (TPSA) is 32.3 Å². The van der Waals surface area contributed by atoms with E-state index in [1.807, 2.05) is 23.7 Å². The van der Waals surface area contributed by atoms with Crippen LogP contribution in [0.1, 0.15) is 51.4 Å². The highest BCUT2D eigenvalue weighted by atomic mass is 32.2. The van der Waals surface area contributed by atoms with Crippen molar-refractivity contribution in [1.29, 1.82) is 0 Å². The fourth-order valence-corrected chi connectivity index (χ4v) is 4.25. The molecule has 1 saturated carbocycles. The number of nitrogens with zero attached hydrogens (tertiary/aromatic N) is 1. The molecule has 110 valence electrons. The van der Waals surface area contributed by atoms with E-state index in [4.69, 9.17) is 0 Å². The van der Waals surface area contributed by atoms with Gasteiger partial charge in [0, 0.05) is 18.3 Å². The van der Waals surface area contributed by atoms with Crippen LogP contribution in [0.5, 0.6) is 0 Å². The van der Waals surface area contributed by atoms with Crippen molar-refractivity contribution in [1.82, 2.24) is 10.2 Å². The number of carbonyl (C=O) groups is 1. The Balaban J connectivity index is 1.71. The molecular weight excluding hydrogens is 256 g/mol. The lowest BCUT2D eigenvalue weighted by Crippen LogP contribution is -2.38. The molecule has 1 amide bonds. The van der Waals surface area contributed by atoms with Gasteiger partial charge >= 0.3 is 0 Å². The Bertz CT molecular complexity index is 271. The maximum absolute atomic E-state index is 12.3. The molecule has 0 aromatic heterocycles. The normalized spacial score (nSPS) is 23.0. The van der Waals surface area contributed by atoms with E-state index in [1.54, 1.807) is 0 Å². The van der Waals surface area contributed by atoms with Crippen molar-refractivity contribution < 1.29 is 4.79 Å². The highest BCUT2D eigenvalue weighted by Gasteiger charge is 2.22. The van der Waals surface area contributed by atoms with Gasteiger partial charge in [-0.1, -0.05) is 25.7 Å². The smallest absolute Gasteiger partial charge is 0.232 e. The average Bonchev–Trinajstić information content (AvgIpc) is 2.74. The minimum absolute atomic E-state index is 0.343. The lowest BCUT2D eigenvalue weighted by Gasteiger charge is -2.28. The van der Waals surface area contributed by atoms with Gasteiger partial charge in [0.2, 0.25) is 5.91 Å². The molecule has 1 heterocycles. The van der Waals surface area contributed by atoms with Crippen molar-refractivity contribution in [2.45, 2.75) is 62.7 Å². The van der Waals surface area contributed by atoms with Crippen LogP contribution in [0.15, 0.2) is 0 Å². The van der Waals surface area contributed by atoms with Crippen molar-refractivity contribution in [3.63, 3.8) is 0 Å². The van der Waals surface area contributed by atoms with Crippen LogP contribution in [0.25, 0.3) is 0 Å². The van der Waals surface area contributed by atoms with E-state index in [9.17, 15) is 4.79 Å². The van der Waals surface area contributed by atoms with Gasteiger partial charge < -0.3 is 10.2 Å². The SMILES string of the molecule is CN(C(=O)CSC1CCNCC1)C1CCCCCC1. The summed E-state index contributed by atoms with van der Waals surface area (Å²) in [7, 11) is 2.02. The lowest BCUT2D eigenvalue weighted by atomic mass is 10.1. The quantitative estimate of drug-likeness (QED) is 0.806. The fourth-order valence-electron chi connectivity index (χ4n) is 3.10. The molecule has 0 bridgehead atoms. The predicted molar refractivity (Wildman–Crippen MR) is 82.6 cm³/mol. The molecule has 19 heavy (non-hydrogen) atoms. The first kappa shape index (κ1) is 15.2. The number of amides is 1. The minimum atomic E-state index is 0.343. The molecule has 0 unspecified atom stereocenters. The minimum Gasteiger partial charge on any atom is -0.342 e. The van der Waals surface area contributed by atoms with Gasteiger partial charge in [0.15, 0.2) is 0 Å². The van der Waals surface area contributed by atoms with Crippen LogP contribution >= 0.6 is 11.8 Å². The summed E-state index contributed by atoms with van der Waals surface area (Å²) < 4.78 is 0. The summed E-state index contributed by atoms with van der Waals surface area (Å²) in [5.41, 5.74) is 0. The maximum Gasteiger partial charge on any atom is 0.232 e. The molecule has 0 aromatic rings. The third-order valence-corrected chi connectivity index (χ3v) is 5.85. The number of nitrogens with one attached hydrogen (secondary N) is 1. The van der Waals surface area contributed by atoms with Crippen molar-refractivity contribution in [3.05, 3.63) is 0 Å². The molecule has 1 saturated heterocycles. The number of hydrogen-bond donors (Lipinski definition) is 1. The Morgan fingerprint density at radius 2 is 1.74 bits per heavy atom. The molecule has 1 aliphatic heterocycles. The zero-order valence-corrected chi connectivity index (χ0v) is 13.0. The standard InChI is InChI=1S/C15H28N2OS/c1-17(13-6-4-2-3-5-7-13)15(18)12-19-14-8-10-16-11-9-14/h13-14,16H,2-12H2,1H3. The summed E-state index contributed by atoms with van der Waals surface area (Å²) in [6.45, 7) is 2.23. The van der Waals surface area contributed by atoms with Crippen LogP contribution in [-0.4, -0.2) is 48.0 Å². The Hall–Kier alpha value is -0.220. The van der Waals surface area contributed by atoms with Gasteiger partial charge in [-0.25, -0.2) is 0 Å². The lowest BCUT2D eigenvalue weighted by molar-refractivity contribution is -0.129. The molecular formula is C15H28N2OS. The first-order valence-electron chi connectivity index (χ1n) is 7.85. The van der Waals surface area contributed by atoms with Crippen LogP contribution in [0, 0.1) is 0 Å².